The minimum Gasteiger partial charge on any atom is -0.378 e. The maximum Gasteiger partial charge on any atom is 0.223 e. The molecule has 0 radical (unpaired) electrons. The highest BCUT2D eigenvalue weighted by atomic mass is 16.5. The summed E-state index contributed by atoms with van der Waals surface area (Å²) >= 11 is 0. The summed E-state index contributed by atoms with van der Waals surface area (Å²) in [6, 6.07) is 0.552. The van der Waals surface area contributed by atoms with Gasteiger partial charge in [-0.15, -0.1) is 0 Å². The van der Waals surface area contributed by atoms with E-state index in [0.717, 1.165) is 39.1 Å². The van der Waals surface area contributed by atoms with Crippen LogP contribution in [-0.4, -0.2) is 49.2 Å². The van der Waals surface area contributed by atoms with Crippen molar-refractivity contribution in [2.24, 2.45) is 0 Å². The lowest BCUT2D eigenvalue weighted by molar-refractivity contribution is -0.130. The molecule has 0 bridgehead atoms. The number of hydrogen-bond acceptors (Lipinski definition) is 3. The highest BCUT2D eigenvalue weighted by Gasteiger charge is 2.28. The molecule has 1 rings (SSSR count). The predicted molar refractivity (Wildman–Crippen MR) is 69.0 cm³/mol. The van der Waals surface area contributed by atoms with Gasteiger partial charge in [0.1, 0.15) is 0 Å². The molecule has 1 saturated carbocycles. The van der Waals surface area contributed by atoms with Crippen LogP contribution in [0.4, 0.5) is 0 Å². The maximum absolute atomic E-state index is 11.7. The van der Waals surface area contributed by atoms with Crippen molar-refractivity contribution in [3.8, 4) is 0 Å². The van der Waals surface area contributed by atoms with Crippen LogP contribution in [0.5, 0.6) is 0 Å². The van der Waals surface area contributed by atoms with Gasteiger partial charge in [0, 0.05) is 38.7 Å². The zero-order chi connectivity index (χ0) is 12.7. The molecule has 1 amide bonds. The molecule has 0 aromatic heterocycles. The van der Waals surface area contributed by atoms with Gasteiger partial charge in [0.05, 0.1) is 6.10 Å². The third kappa shape index (κ3) is 4.64. The van der Waals surface area contributed by atoms with Gasteiger partial charge in [0.2, 0.25) is 5.91 Å². The topological polar surface area (TPSA) is 41.6 Å². The molecule has 1 N–H and O–H groups in total. The van der Waals surface area contributed by atoms with Gasteiger partial charge in [0.25, 0.3) is 0 Å². The van der Waals surface area contributed by atoms with Crippen LogP contribution in [0.25, 0.3) is 0 Å². The second kappa shape index (κ2) is 7.67. The van der Waals surface area contributed by atoms with Gasteiger partial charge in [-0.2, -0.15) is 0 Å². The Labute approximate surface area is 105 Å². The number of carbonyl (C=O) groups excluding carboxylic acids is 1. The van der Waals surface area contributed by atoms with Crippen LogP contribution in [0.1, 0.15) is 40.0 Å². The first-order valence-electron chi connectivity index (χ1n) is 6.83. The van der Waals surface area contributed by atoms with E-state index in [4.69, 9.17) is 4.74 Å². The molecule has 1 aliphatic carbocycles. The monoisotopic (exact) mass is 242 g/mol. The largest absolute Gasteiger partial charge is 0.378 e. The van der Waals surface area contributed by atoms with E-state index in [2.05, 4.69) is 5.32 Å². The Bertz CT molecular complexity index is 223. The van der Waals surface area contributed by atoms with Crippen LogP contribution >= 0.6 is 0 Å². The van der Waals surface area contributed by atoms with E-state index in [9.17, 15) is 4.79 Å². The second-order valence-electron chi connectivity index (χ2n) is 4.52. The average molecular weight is 242 g/mol. The number of nitrogens with zero attached hydrogens (tertiary/aromatic N) is 1. The molecule has 0 atom stereocenters. The molecule has 0 heterocycles. The number of hydrogen-bond donors (Lipinski definition) is 1. The number of amides is 1. The highest BCUT2D eigenvalue weighted by Crippen LogP contribution is 2.22. The molecule has 17 heavy (non-hydrogen) atoms. The molecular weight excluding hydrogens is 216 g/mol. The fraction of sp³-hybridized carbons (Fsp3) is 0.923. The fourth-order valence-corrected chi connectivity index (χ4v) is 2.22. The molecule has 0 aromatic rings. The van der Waals surface area contributed by atoms with Crippen molar-refractivity contribution in [2.75, 3.05) is 26.2 Å². The maximum atomic E-state index is 11.7. The third-order valence-corrected chi connectivity index (χ3v) is 3.39. The van der Waals surface area contributed by atoms with Crippen LogP contribution in [0.2, 0.25) is 0 Å². The summed E-state index contributed by atoms with van der Waals surface area (Å²) in [5.41, 5.74) is 0. The first-order chi connectivity index (χ1) is 8.21. The fourth-order valence-electron chi connectivity index (χ4n) is 2.22. The number of rotatable bonds is 8. The van der Waals surface area contributed by atoms with Gasteiger partial charge in [-0.25, -0.2) is 0 Å². The molecule has 0 saturated heterocycles. The Hall–Kier alpha value is -0.610. The summed E-state index contributed by atoms with van der Waals surface area (Å²) < 4.78 is 5.49. The van der Waals surface area contributed by atoms with E-state index in [1.54, 1.807) is 0 Å². The molecule has 4 heteroatoms. The Kier molecular flexibility index (Phi) is 6.52. The summed E-state index contributed by atoms with van der Waals surface area (Å²) in [5.74, 6) is 0.253. The van der Waals surface area contributed by atoms with E-state index in [0.29, 0.717) is 18.6 Å². The summed E-state index contributed by atoms with van der Waals surface area (Å²) in [6.45, 7) is 9.29. The Morgan fingerprint density at radius 2 is 1.94 bits per heavy atom. The molecular formula is C13H26N2O2. The van der Waals surface area contributed by atoms with E-state index < -0.39 is 0 Å². The lowest BCUT2D eigenvalue weighted by Crippen LogP contribution is -2.46. The zero-order valence-electron chi connectivity index (χ0n) is 11.4. The first kappa shape index (κ1) is 14.5. The predicted octanol–water partition coefficient (Wildman–Crippen LogP) is 1.40. The smallest absolute Gasteiger partial charge is 0.223 e. The lowest BCUT2D eigenvalue weighted by atomic mass is 9.89. The molecule has 0 spiro atoms. The van der Waals surface area contributed by atoms with Crippen LogP contribution in [-0.2, 0) is 9.53 Å². The van der Waals surface area contributed by atoms with Crippen LogP contribution in [0.15, 0.2) is 0 Å². The summed E-state index contributed by atoms with van der Waals surface area (Å²) in [4.78, 5) is 13.6. The molecule has 100 valence electrons. The second-order valence-corrected chi connectivity index (χ2v) is 4.52. The molecule has 0 aliphatic heterocycles. The SMILES string of the molecule is CCOC1CC(NCCC(=O)N(CC)CC)C1. The van der Waals surface area contributed by atoms with Crippen molar-refractivity contribution in [3.63, 3.8) is 0 Å². The van der Waals surface area contributed by atoms with E-state index in [1.807, 2.05) is 25.7 Å². The van der Waals surface area contributed by atoms with Crippen LogP contribution in [0.3, 0.4) is 0 Å². The van der Waals surface area contributed by atoms with Crippen molar-refractivity contribution in [1.29, 1.82) is 0 Å². The molecule has 4 nitrogen and oxygen atoms in total. The zero-order valence-corrected chi connectivity index (χ0v) is 11.4. The molecule has 0 aromatic carbocycles. The number of ether oxygens (including phenoxy) is 1. The van der Waals surface area contributed by atoms with E-state index >= 15 is 0 Å². The van der Waals surface area contributed by atoms with Gasteiger partial charge in [-0.3, -0.25) is 4.79 Å². The number of nitrogens with one attached hydrogen (secondary N) is 1. The quantitative estimate of drug-likeness (QED) is 0.699. The van der Waals surface area contributed by atoms with Crippen LogP contribution < -0.4 is 5.32 Å². The summed E-state index contributed by atoms with van der Waals surface area (Å²) in [5, 5.41) is 3.41. The normalized spacial score (nSPS) is 23.2. The van der Waals surface area contributed by atoms with Gasteiger partial charge in [0.15, 0.2) is 0 Å². The molecule has 1 aliphatic rings. The third-order valence-electron chi connectivity index (χ3n) is 3.39. The first-order valence-corrected chi connectivity index (χ1v) is 6.83. The van der Waals surface area contributed by atoms with Crippen molar-refractivity contribution in [1.82, 2.24) is 10.2 Å². The van der Waals surface area contributed by atoms with Crippen molar-refractivity contribution < 1.29 is 9.53 Å². The highest BCUT2D eigenvalue weighted by molar-refractivity contribution is 5.76. The number of carbonyl (C=O) groups is 1. The minimum absolute atomic E-state index is 0.253. The average Bonchev–Trinajstić information content (AvgIpc) is 2.27. The van der Waals surface area contributed by atoms with Crippen molar-refractivity contribution in [2.45, 2.75) is 52.2 Å². The van der Waals surface area contributed by atoms with Gasteiger partial charge in [-0.05, 0) is 33.6 Å². The van der Waals surface area contributed by atoms with Crippen molar-refractivity contribution in [3.05, 3.63) is 0 Å². The Morgan fingerprint density at radius 1 is 1.29 bits per heavy atom. The van der Waals surface area contributed by atoms with Crippen LogP contribution in [0, 0.1) is 0 Å². The lowest BCUT2D eigenvalue weighted by Gasteiger charge is -2.35. The summed E-state index contributed by atoms with van der Waals surface area (Å²) in [7, 11) is 0. The minimum atomic E-state index is 0.253. The van der Waals surface area contributed by atoms with Gasteiger partial charge < -0.3 is 15.0 Å². The van der Waals surface area contributed by atoms with Gasteiger partial charge >= 0.3 is 0 Å². The van der Waals surface area contributed by atoms with Gasteiger partial charge in [-0.1, -0.05) is 0 Å². The van der Waals surface area contributed by atoms with E-state index in [-0.39, 0.29) is 5.91 Å². The standard InChI is InChI=1S/C13H26N2O2/c1-4-15(5-2)13(16)7-8-14-11-9-12(10-11)17-6-3/h11-12,14H,4-10H2,1-3H3. The Morgan fingerprint density at radius 3 is 2.47 bits per heavy atom. The van der Waals surface area contributed by atoms with E-state index in [1.165, 1.54) is 0 Å². The molecule has 0 unspecified atom stereocenters. The Balaban J connectivity index is 2.03. The molecule has 1 fully saturated rings. The summed E-state index contributed by atoms with van der Waals surface area (Å²) in [6.07, 6.45) is 3.23. The van der Waals surface area contributed by atoms with Crippen molar-refractivity contribution >= 4 is 5.91 Å².